The first-order chi connectivity index (χ1) is 11.3. The summed E-state index contributed by atoms with van der Waals surface area (Å²) in [6, 6.07) is 7.96. The molecule has 1 amide bonds. The minimum Gasteiger partial charge on any atom is -0.451 e. The molecule has 1 aromatic heterocycles. The highest BCUT2D eigenvalue weighted by molar-refractivity contribution is 5.92. The molecule has 1 aliphatic rings. The zero-order chi connectivity index (χ0) is 17.3. The first-order valence-electron chi connectivity index (χ1n) is 7.91. The van der Waals surface area contributed by atoms with Crippen LogP contribution in [0, 0.1) is 5.92 Å². The Morgan fingerprint density at radius 2 is 2.04 bits per heavy atom. The summed E-state index contributed by atoms with van der Waals surface area (Å²) in [7, 11) is 0. The molecule has 0 radical (unpaired) electrons. The summed E-state index contributed by atoms with van der Waals surface area (Å²) in [4.78, 5) is 14.2. The van der Waals surface area contributed by atoms with Gasteiger partial charge >= 0.3 is 6.18 Å². The largest absolute Gasteiger partial charge is 0.451 e. The lowest BCUT2D eigenvalue weighted by Crippen LogP contribution is -2.38. The lowest BCUT2D eigenvalue weighted by molar-refractivity contribution is -0.137. The molecule has 3 rings (SSSR count). The number of benzene rings is 1. The molecule has 1 saturated heterocycles. The van der Waals surface area contributed by atoms with Crippen LogP contribution in [0.2, 0.25) is 0 Å². The van der Waals surface area contributed by atoms with E-state index in [1.165, 1.54) is 24.3 Å². The van der Waals surface area contributed by atoms with E-state index in [1.807, 2.05) is 0 Å². The van der Waals surface area contributed by atoms with E-state index >= 15 is 0 Å². The maximum absolute atomic E-state index is 12.8. The molecule has 0 N–H and O–H groups in total. The summed E-state index contributed by atoms with van der Waals surface area (Å²) < 4.78 is 43.9. The van der Waals surface area contributed by atoms with Crippen LogP contribution in [0.3, 0.4) is 0 Å². The minimum absolute atomic E-state index is 0.163. The van der Waals surface area contributed by atoms with Gasteiger partial charge in [0, 0.05) is 18.7 Å². The summed E-state index contributed by atoms with van der Waals surface area (Å²) in [5.74, 6) is 0.659. The maximum atomic E-state index is 12.8. The topological polar surface area (TPSA) is 33.5 Å². The van der Waals surface area contributed by atoms with Gasteiger partial charge in [-0.15, -0.1) is 0 Å². The number of hydrogen-bond donors (Lipinski definition) is 0. The van der Waals surface area contributed by atoms with Gasteiger partial charge in [0.25, 0.3) is 5.91 Å². The molecule has 1 fully saturated rings. The number of likely N-dealkylation sites (tertiary alicyclic amines) is 1. The quantitative estimate of drug-likeness (QED) is 0.786. The van der Waals surface area contributed by atoms with Crippen LogP contribution in [0.1, 0.15) is 35.9 Å². The third-order valence-electron chi connectivity index (χ3n) is 4.24. The van der Waals surface area contributed by atoms with E-state index < -0.39 is 11.7 Å². The number of rotatable bonds is 2. The van der Waals surface area contributed by atoms with Gasteiger partial charge in [-0.1, -0.05) is 19.1 Å². The van der Waals surface area contributed by atoms with Crippen molar-refractivity contribution in [3.8, 4) is 11.3 Å². The van der Waals surface area contributed by atoms with Gasteiger partial charge in [-0.05, 0) is 43.0 Å². The second-order valence-corrected chi connectivity index (χ2v) is 6.24. The van der Waals surface area contributed by atoms with Gasteiger partial charge in [-0.25, -0.2) is 0 Å². The van der Waals surface area contributed by atoms with Crippen molar-refractivity contribution in [1.82, 2.24) is 4.90 Å². The SMILES string of the molecule is C[C@@H]1CCCN(C(=O)c2ccc(-c3cccc(C(F)(F)F)c3)o2)C1. The Morgan fingerprint density at radius 1 is 1.25 bits per heavy atom. The van der Waals surface area contributed by atoms with E-state index in [2.05, 4.69) is 6.92 Å². The standard InChI is InChI=1S/C18H18F3NO2/c1-12-4-3-9-22(11-12)17(23)16-8-7-15(24-16)13-5-2-6-14(10-13)18(19,20)21/h2,5-8,10,12H,3-4,9,11H2,1H3/t12-/m1/s1. The van der Waals surface area contributed by atoms with E-state index in [-0.39, 0.29) is 17.4 Å². The lowest BCUT2D eigenvalue weighted by Gasteiger charge is -2.30. The Labute approximate surface area is 138 Å². The Balaban J connectivity index is 1.82. The summed E-state index contributed by atoms with van der Waals surface area (Å²) in [5.41, 5.74) is -0.440. The average Bonchev–Trinajstić information content (AvgIpc) is 3.03. The number of alkyl halides is 3. The molecule has 3 nitrogen and oxygen atoms in total. The number of carbonyl (C=O) groups excluding carboxylic acids is 1. The van der Waals surface area contributed by atoms with Crippen molar-refractivity contribution in [3.63, 3.8) is 0 Å². The monoisotopic (exact) mass is 337 g/mol. The van der Waals surface area contributed by atoms with Crippen LogP contribution in [-0.4, -0.2) is 23.9 Å². The van der Waals surface area contributed by atoms with Crippen LogP contribution in [0.5, 0.6) is 0 Å². The van der Waals surface area contributed by atoms with Gasteiger partial charge in [0.05, 0.1) is 5.56 Å². The van der Waals surface area contributed by atoms with Crippen LogP contribution < -0.4 is 0 Å². The van der Waals surface area contributed by atoms with Crippen LogP contribution in [-0.2, 0) is 6.18 Å². The van der Waals surface area contributed by atoms with E-state index in [4.69, 9.17) is 4.42 Å². The van der Waals surface area contributed by atoms with Crippen molar-refractivity contribution in [3.05, 3.63) is 47.7 Å². The van der Waals surface area contributed by atoms with Crippen LogP contribution >= 0.6 is 0 Å². The van der Waals surface area contributed by atoms with Gasteiger partial charge in [0.15, 0.2) is 5.76 Å². The smallest absolute Gasteiger partial charge is 0.416 e. The number of hydrogen-bond acceptors (Lipinski definition) is 2. The number of halogens is 3. The Bertz CT molecular complexity index is 736. The van der Waals surface area contributed by atoms with Gasteiger partial charge < -0.3 is 9.32 Å². The first-order valence-corrected chi connectivity index (χ1v) is 7.91. The normalized spacial score (nSPS) is 18.7. The zero-order valence-electron chi connectivity index (χ0n) is 13.3. The van der Waals surface area contributed by atoms with E-state index in [9.17, 15) is 18.0 Å². The number of carbonyl (C=O) groups is 1. The third kappa shape index (κ3) is 3.47. The first kappa shape index (κ1) is 16.6. The molecule has 2 heterocycles. The van der Waals surface area contributed by atoms with Gasteiger partial charge in [0.1, 0.15) is 5.76 Å². The maximum Gasteiger partial charge on any atom is 0.416 e. The molecule has 2 aromatic rings. The predicted octanol–water partition coefficient (Wildman–Crippen LogP) is 4.84. The molecule has 1 atom stereocenters. The second kappa shape index (κ2) is 6.34. The van der Waals surface area contributed by atoms with Crippen molar-refractivity contribution in [2.45, 2.75) is 25.9 Å². The molecular weight excluding hydrogens is 319 g/mol. The Kier molecular flexibility index (Phi) is 4.39. The highest BCUT2D eigenvalue weighted by Crippen LogP contribution is 2.33. The number of nitrogens with zero attached hydrogens (tertiary/aromatic N) is 1. The fraction of sp³-hybridized carbons (Fsp3) is 0.389. The average molecular weight is 337 g/mol. The summed E-state index contributed by atoms with van der Waals surface area (Å²) in [6.45, 7) is 3.46. The third-order valence-corrected chi connectivity index (χ3v) is 4.24. The van der Waals surface area contributed by atoms with Crippen molar-refractivity contribution in [2.24, 2.45) is 5.92 Å². The van der Waals surface area contributed by atoms with Crippen LogP contribution in [0.25, 0.3) is 11.3 Å². The summed E-state index contributed by atoms with van der Waals surface area (Å²) in [6.07, 6.45) is -2.36. The van der Waals surface area contributed by atoms with Gasteiger partial charge in [0.2, 0.25) is 0 Å². The molecule has 0 bridgehead atoms. The Hall–Kier alpha value is -2.24. The fourth-order valence-electron chi connectivity index (χ4n) is 2.99. The predicted molar refractivity (Wildman–Crippen MR) is 83.4 cm³/mol. The van der Waals surface area contributed by atoms with Crippen molar-refractivity contribution >= 4 is 5.91 Å². The van der Waals surface area contributed by atoms with E-state index in [0.717, 1.165) is 25.0 Å². The molecular formula is C18H18F3NO2. The fourth-order valence-corrected chi connectivity index (χ4v) is 2.99. The molecule has 24 heavy (non-hydrogen) atoms. The zero-order valence-corrected chi connectivity index (χ0v) is 13.3. The Morgan fingerprint density at radius 3 is 2.75 bits per heavy atom. The molecule has 1 aromatic carbocycles. The van der Waals surface area contributed by atoms with Gasteiger partial charge in [-0.2, -0.15) is 13.2 Å². The van der Waals surface area contributed by atoms with Crippen molar-refractivity contribution in [2.75, 3.05) is 13.1 Å². The van der Waals surface area contributed by atoms with E-state index in [0.29, 0.717) is 24.6 Å². The number of amides is 1. The van der Waals surface area contributed by atoms with Crippen LogP contribution in [0.15, 0.2) is 40.8 Å². The summed E-state index contributed by atoms with van der Waals surface area (Å²) in [5, 5.41) is 0. The minimum atomic E-state index is -4.41. The van der Waals surface area contributed by atoms with Crippen LogP contribution in [0.4, 0.5) is 13.2 Å². The highest BCUT2D eigenvalue weighted by Gasteiger charge is 2.31. The molecule has 1 aliphatic heterocycles. The van der Waals surface area contributed by atoms with E-state index in [1.54, 1.807) is 4.90 Å². The van der Waals surface area contributed by atoms with Gasteiger partial charge in [-0.3, -0.25) is 4.79 Å². The highest BCUT2D eigenvalue weighted by atomic mass is 19.4. The molecule has 0 unspecified atom stereocenters. The molecule has 0 aliphatic carbocycles. The van der Waals surface area contributed by atoms with Crippen molar-refractivity contribution in [1.29, 1.82) is 0 Å². The number of piperidine rings is 1. The second-order valence-electron chi connectivity index (χ2n) is 6.24. The lowest BCUT2D eigenvalue weighted by atomic mass is 10.0. The molecule has 0 saturated carbocycles. The number of furan rings is 1. The molecule has 6 heteroatoms. The molecule has 128 valence electrons. The molecule has 0 spiro atoms. The van der Waals surface area contributed by atoms with Crippen molar-refractivity contribution < 1.29 is 22.4 Å². The summed E-state index contributed by atoms with van der Waals surface area (Å²) >= 11 is 0.